The number of anilines is 1. The summed E-state index contributed by atoms with van der Waals surface area (Å²) in [6.07, 6.45) is 0. The van der Waals surface area contributed by atoms with Gasteiger partial charge in [-0.25, -0.2) is 0 Å². The predicted octanol–water partition coefficient (Wildman–Crippen LogP) is 2.88. The number of piperazine rings is 1. The van der Waals surface area contributed by atoms with Crippen LogP contribution in [0.4, 0.5) is 5.69 Å². The molecule has 1 saturated heterocycles. The molecule has 2 amide bonds. The van der Waals surface area contributed by atoms with Crippen LogP contribution in [0.15, 0.2) is 48.5 Å². The monoisotopic (exact) mass is 338 g/mol. The number of aryl methyl sites for hydroxylation is 1. The van der Waals surface area contributed by atoms with Gasteiger partial charge in [0.15, 0.2) is 0 Å². The fourth-order valence-electron chi connectivity index (χ4n) is 3.13. The fourth-order valence-corrected chi connectivity index (χ4v) is 3.13. The van der Waals surface area contributed by atoms with Crippen molar-refractivity contribution in [3.63, 3.8) is 0 Å². The van der Waals surface area contributed by atoms with Gasteiger partial charge in [-0.15, -0.1) is 0 Å². The molecule has 0 radical (unpaired) electrons. The number of amides is 2. The molecule has 1 fully saturated rings. The Morgan fingerprint density at radius 3 is 2.40 bits per heavy atom. The topological polar surface area (TPSA) is 49.9 Å². The van der Waals surface area contributed by atoms with E-state index in [0.29, 0.717) is 18.7 Å². The molecule has 0 aliphatic carbocycles. The summed E-state index contributed by atoms with van der Waals surface area (Å²) in [6, 6.07) is 14.4. The van der Waals surface area contributed by atoms with E-state index in [1.807, 2.05) is 55.5 Å². The van der Waals surface area contributed by atoms with Crippen molar-refractivity contribution in [3.05, 3.63) is 59.7 Å². The Labute approximate surface area is 147 Å². The van der Waals surface area contributed by atoms with Gasteiger partial charge in [0.1, 0.15) is 11.8 Å². The number of benzene rings is 2. The van der Waals surface area contributed by atoms with Gasteiger partial charge in [0.05, 0.1) is 7.11 Å². The van der Waals surface area contributed by atoms with Crippen molar-refractivity contribution in [2.45, 2.75) is 19.9 Å². The van der Waals surface area contributed by atoms with Crippen molar-refractivity contribution < 1.29 is 14.3 Å². The van der Waals surface area contributed by atoms with Gasteiger partial charge in [-0.05, 0) is 49.7 Å². The number of carbonyl (C=O) groups is 2. The second kappa shape index (κ2) is 6.97. The average Bonchev–Trinajstić information content (AvgIpc) is 2.64. The molecule has 1 atom stereocenters. The van der Waals surface area contributed by atoms with Crippen LogP contribution in [0.1, 0.15) is 22.8 Å². The Bertz CT molecular complexity index is 786. The molecule has 1 aliphatic heterocycles. The fraction of sp³-hybridized carbons (Fsp3) is 0.300. The highest BCUT2D eigenvalue weighted by Crippen LogP contribution is 2.24. The zero-order chi connectivity index (χ0) is 18.0. The molecule has 1 aliphatic rings. The van der Waals surface area contributed by atoms with Crippen molar-refractivity contribution >= 4 is 17.5 Å². The Morgan fingerprint density at radius 1 is 1.08 bits per heavy atom. The molecular formula is C20H22N2O3. The van der Waals surface area contributed by atoms with Crippen LogP contribution in [0.5, 0.6) is 5.75 Å². The number of rotatable bonds is 3. The van der Waals surface area contributed by atoms with Crippen molar-refractivity contribution in [1.82, 2.24) is 4.90 Å². The summed E-state index contributed by atoms with van der Waals surface area (Å²) in [7, 11) is 1.61. The van der Waals surface area contributed by atoms with Gasteiger partial charge in [0, 0.05) is 24.3 Å². The first-order valence-corrected chi connectivity index (χ1v) is 8.35. The summed E-state index contributed by atoms with van der Waals surface area (Å²) in [5, 5.41) is 0. The third-order valence-electron chi connectivity index (χ3n) is 4.68. The molecule has 2 aromatic rings. The number of nitrogens with zero attached hydrogens (tertiary/aromatic N) is 2. The summed E-state index contributed by atoms with van der Waals surface area (Å²) < 4.78 is 5.16. The van der Waals surface area contributed by atoms with Gasteiger partial charge >= 0.3 is 0 Å². The van der Waals surface area contributed by atoms with Crippen LogP contribution in [0, 0.1) is 6.92 Å². The summed E-state index contributed by atoms with van der Waals surface area (Å²) in [6.45, 7) is 4.68. The van der Waals surface area contributed by atoms with Gasteiger partial charge in [-0.3, -0.25) is 9.59 Å². The third kappa shape index (κ3) is 3.22. The highest BCUT2D eigenvalue weighted by atomic mass is 16.5. The van der Waals surface area contributed by atoms with Crippen LogP contribution in [-0.2, 0) is 4.79 Å². The Hall–Kier alpha value is -2.82. The molecule has 0 spiro atoms. The molecule has 130 valence electrons. The van der Waals surface area contributed by atoms with Crippen LogP contribution < -0.4 is 9.64 Å². The van der Waals surface area contributed by atoms with Crippen LogP contribution in [-0.4, -0.2) is 43.0 Å². The molecule has 0 saturated carbocycles. The van der Waals surface area contributed by atoms with E-state index >= 15 is 0 Å². The molecule has 1 unspecified atom stereocenters. The maximum Gasteiger partial charge on any atom is 0.254 e. The lowest BCUT2D eigenvalue weighted by Crippen LogP contribution is -2.57. The molecule has 2 aromatic carbocycles. The minimum atomic E-state index is -0.497. The normalized spacial score (nSPS) is 17.6. The minimum Gasteiger partial charge on any atom is -0.497 e. The number of methoxy groups -OCH3 is 1. The van der Waals surface area contributed by atoms with E-state index in [4.69, 9.17) is 4.74 Å². The second-order valence-electron chi connectivity index (χ2n) is 6.18. The van der Waals surface area contributed by atoms with Crippen LogP contribution in [0.2, 0.25) is 0 Å². The lowest BCUT2D eigenvalue weighted by molar-refractivity contribution is -0.124. The SMILES string of the molecule is COc1ccc(N2CCN(C(=O)c3ccccc3C)C(C)C2=O)cc1. The maximum atomic E-state index is 12.8. The van der Waals surface area contributed by atoms with E-state index in [2.05, 4.69) is 0 Å². The number of ether oxygens (including phenoxy) is 1. The van der Waals surface area contributed by atoms with E-state index in [1.54, 1.807) is 23.8 Å². The molecule has 0 bridgehead atoms. The van der Waals surface area contributed by atoms with E-state index in [1.165, 1.54) is 0 Å². The largest absolute Gasteiger partial charge is 0.497 e. The van der Waals surface area contributed by atoms with Gasteiger partial charge in [-0.1, -0.05) is 18.2 Å². The lowest BCUT2D eigenvalue weighted by atomic mass is 10.0. The zero-order valence-corrected chi connectivity index (χ0v) is 14.7. The highest BCUT2D eigenvalue weighted by molar-refractivity contribution is 6.03. The summed E-state index contributed by atoms with van der Waals surface area (Å²) in [4.78, 5) is 29.0. The number of hydrogen-bond donors (Lipinski definition) is 0. The van der Waals surface area contributed by atoms with Crippen molar-refractivity contribution in [2.75, 3.05) is 25.1 Å². The number of hydrogen-bond acceptors (Lipinski definition) is 3. The van der Waals surface area contributed by atoms with E-state index in [-0.39, 0.29) is 11.8 Å². The minimum absolute atomic E-state index is 0.0710. The van der Waals surface area contributed by atoms with E-state index < -0.39 is 6.04 Å². The molecule has 25 heavy (non-hydrogen) atoms. The number of carbonyl (C=O) groups excluding carboxylic acids is 2. The zero-order valence-electron chi connectivity index (χ0n) is 14.7. The molecule has 1 heterocycles. The Balaban J connectivity index is 1.79. The maximum absolute atomic E-state index is 12.8. The van der Waals surface area contributed by atoms with Crippen LogP contribution in [0.3, 0.4) is 0 Å². The standard InChI is InChI=1S/C20H22N2O3/c1-14-6-4-5-7-18(14)20(24)21-12-13-22(19(23)15(21)2)16-8-10-17(25-3)11-9-16/h4-11,15H,12-13H2,1-3H3. The average molecular weight is 338 g/mol. The molecular weight excluding hydrogens is 316 g/mol. The molecule has 5 nitrogen and oxygen atoms in total. The molecule has 0 N–H and O–H groups in total. The van der Waals surface area contributed by atoms with Gasteiger partial charge in [0.2, 0.25) is 5.91 Å². The second-order valence-corrected chi connectivity index (χ2v) is 6.18. The highest BCUT2D eigenvalue weighted by Gasteiger charge is 2.35. The van der Waals surface area contributed by atoms with Gasteiger partial charge in [0.25, 0.3) is 5.91 Å². The van der Waals surface area contributed by atoms with E-state index in [9.17, 15) is 9.59 Å². The Morgan fingerprint density at radius 2 is 1.76 bits per heavy atom. The van der Waals surface area contributed by atoms with Crippen molar-refractivity contribution in [2.24, 2.45) is 0 Å². The lowest BCUT2D eigenvalue weighted by Gasteiger charge is -2.39. The summed E-state index contributed by atoms with van der Waals surface area (Å²) in [5.74, 6) is 0.587. The van der Waals surface area contributed by atoms with Gasteiger partial charge < -0.3 is 14.5 Å². The van der Waals surface area contributed by atoms with Crippen LogP contribution in [0.25, 0.3) is 0 Å². The van der Waals surface area contributed by atoms with Gasteiger partial charge in [-0.2, -0.15) is 0 Å². The summed E-state index contributed by atoms with van der Waals surface area (Å²) in [5.41, 5.74) is 2.39. The summed E-state index contributed by atoms with van der Waals surface area (Å²) >= 11 is 0. The van der Waals surface area contributed by atoms with E-state index in [0.717, 1.165) is 17.0 Å². The predicted molar refractivity (Wildman–Crippen MR) is 97.0 cm³/mol. The Kier molecular flexibility index (Phi) is 4.74. The third-order valence-corrected chi connectivity index (χ3v) is 4.68. The molecule has 3 rings (SSSR count). The molecule has 5 heteroatoms. The van der Waals surface area contributed by atoms with Crippen LogP contribution >= 0.6 is 0 Å². The first-order chi connectivity index (χ1) is 12.0. The molecule has 0 aromatic heterocycles. The first kappa shape index (κ1) is 17.0. The van der Waals surface area contributed by atoms with Crippen molar-refractivity contribution in [3.8, 4) is 5.75 Å². The smallest absolute Gasteiger partial charge is 0.254 e. The first-order valence-electron chi connectivity index (χ1n) is 8.35. The van der Waals surface area contributed by atoms with Crippen molar-refractivity contribution in [1.29, 1.82) is 0 Å². The quantitative estimate of drug-likeness (QED) is 0.865.